The number of carbonyl (C=O) groups is 1. The number of hydrogen-bond donors (Lipinski definition) is 3. The van der Waals surface area contributed by atoms with E-state index >= 15 is 0 Å². The number of hydrogen-bond acceptors (Lipinski definition) is 8. The highest BCUT2D eigenvalue weighted by atomic mass is 79.9. The molecule has 9 heteroatoms. The Morgan fingerprint density at radius 2 is 2.04 bits per heavy atom. The second kappa shape index (κ2) is 13.4. The molecule has 2 rings (SSSR count). The molecule has 26 heavy (non-hydrogen) atoms. The Balaban J connectivity index is 0.000000597. The Labute approximate surface area is 166 Å². The van der Waals surface area contributed by atoms with Crippen molar-refractivity contribution in [3.63, 3.8) is 0 Å². The predicted molar refractivity (Wildman–Crippen MR) is 111 cm³/mol. The quantitative estimate of drug-likeness (QED) is 0.300. The van der Waals surface area contributed by atoms with Gasteiger partial charge in [-0.2, -0.15) is 4.98 Å². The molecule has 0 radical (unpaired) electrons. The number of rotatable bonds is 9. The lowest BCUT2D eigenvalue weighted by Gasteiger charge is -2.10. The summed E-state index contributed by atoms with van der Waals surface area (Å²) in [5, 5.41) is 12.0. The van der Waals surface area contributed by atoms with Gasteiger partial charge in [0.2, 0.25) is 5.95 Å². The predicted octanol–water partition coefficient (Wildman–Crippen LogP) is 4.34. The average molecular weight is 442 g/mol. The lowest BCUT2D eigenvalue weighted by Crippen LogP contribution is -2.06. The molecule has 0 spiro atoms. The molecular formula is C17H24BrN5O2S. The summed E-state index contributed by atoms with van der Waals surface area (Å²) in [5.41, 5.74) is 0.926. The second-order valence-corrected chi connectivity index (χ2v) is 6.55. The van der Waals surface area contributed by atoms with Gasteiger partial charge in [0.15, 0.2) is 0 Å². The van der Waals surface area contributed by atoms with Crippen LogP contribution >= 0.6 is 27.9 Å². The Hall–Kier alpha value is -1.84. The van der Waals surface area contributed by atoms with E-state index in [2.05, 4.69) is 48.2 Å². The van der Waals surface area contributed by atoms with Gasteiger partial charge in [-0.3, -0.25) is 9.93 Å². The zero-order chi connectivity index (χ0) is 19.2. The van der Waals surface area contributed by atoms with E-state index < -0.39 is 0 Å². The van der Waals surface area contributed by atoms with Gasteiger partial charge in [-0.15, -0.1) is 0 Å². The molecule has 4 N–H and O–H groups in total. The number of benzene rings is 1. The summed E-state index contributed by atoms with van der Waals surface area (Å²) >= 11 is 4.68. The Morgan fingerprint density at radius 1 is 1.31 bits per heavy atom. The lowest BCUT2D eigenvalue weighted by molar-refractivity contribution is -0.128. The minimum absolute atomic E-state index is 0.431. The van der Waals surface area contributed by atoms with E-state index in [9.17, 15) is 4.79 Å². The maximum Gasteiger partial charge on any atom is 0.293 e. The van der Waals surface area contributed by atoms with E-state index in [1.807, 2.05) is 24.3 Å². The fourth-order valence-corrected chi connectivity index (χ4v) is 2.37. The van der Waals surface area contributed by atoms with Crippen LogP contribution in [0.25, 0.3) is 0 Å². The van der Waals surface area contributed by atoms with Gasteiger partial charge in [-0.1, -0.05) is 13.3 Å². The zero-order valence-corrected chi connectivity index (χ0v) is 17.3. The molecule has 0 amide bonds. The summed E-state index contributed by atoms with van der Waals surface area (Å²) in [7, 11) is 0. The molecule has 1 aromatic heterocycles. The molecule has 0 atom stereocenters. The van der Waals surface area contributed by atoms with Gasteiger partial charge < -0.3 is 15.4 Å². The minimum atomic E-state index is 0.431. The summed E-state index contributed by atoms with van der Waals surface area (Å²) in [6.45, 7) is 5.72. The van der Waals surface area contributed by atoms with Crippen LogP contribution in [0.15, 0.2) is 39.8 Å². The Bertz CT molecular complexity index is 658. The molecule has 1 heterocycles. The van der Waals surface area contributed by atoms with Crippen LogP contribution in [-0.2, 0) is 9.53 Å². The number of aromatic nitrogens is 2. The highest BCUT2D eigenvalue weighted by Crippen LogP contribution is 2.23. The molecule has 0 saturated carbocycles. The van der Waals surface area contributed by atoms with Crippen molar-refractivity contribution in [1.29, 1.82) is 0 Å². The van der Waals surface area contributed by atoms with Gasteiger partial charge in [0.1, 0.15) is 5.82 Å². The molecule has 0 unspecified atom stereocenters. The maximum absolute atomic E-state index is 9.18. The van der Waals surface area contributed by atoms with Crippen molar-refractivity contribution in [3.05, 3.63) is 34.9 Å². The van der Waals surface area contributed by atoms with Crippen molar-refractivity contribution in [2.45, 2.75) is 31.6 Å². The fourth-order valence-electron chi connectivity index (χ4n) is 1.75. The van der Waals surface area contributed by atoms with Crippen LogP contribution in [0.2, 0.25) is 0 Å². The number of carbonyl (C=O) groups excluding carboxylic acids is 1. The normalized spacial score (nSPS) is 9.69. The van der Waals surface area contributed by atoms with Gasteiger partial charge in [-0.25, -0.2) is 4.98 Å². The molecule has 1 aromatic carbocycles. The first kappa shape index (κ1) is 22.2. The molecular weight excluding hydrogens is 418 g/mol. The van der Waals surface area contributed by atoms with Crippen LogP contribution in [0.4, 0.5) is 17.5 Å². The van der Waals surface area contributed by atoms with Crippen LogP contribution in [0.5, 0.6) is 0 Å². The van der Waals surface area contributed by atoms with E-state index in [0.717, 1.165) is 40.3 Å². The van der Waals surface area contributed by atoms with Crippen LogP contribution in [0, 0.1) is 0 Å². The third kappa shape index (κ3) is 8.50. The maximum atomic E-state index is 9.18. The van der Waals surface area contributed by atoms with Gasteiger partial charge in [-0.05, 0) is 65.5 Å². The van der Waals surface area contributed by atoms with E-state index in [4.69, 9.17) is 5.14 Å². The number of nitrogens with one attached hydrogen (secondary N) is 2. The first-order valence-corrected chi connectivity index (χ1v) is 9.87. The molecule has 7 nitrogen and oxygen atoms in total. The minimum Gasteiger partial charge on any atom is -0.468 e. The topological polar surface area (TPSA) is 102 Å². The van der Waals surface area contributed by atoms with Crippen LogP contribution in [-0.4, -0.2) is 29.6 Å². The summed E-state index contributed by atoms with van der Waals surface area (Å²) in [6.07, 6.45) is 4.00. The van der Waals surface area contributed by atoms with E-state index in [0.29, 0.717) is 19.0 Å². The van der Waals surface area contributed by atoms with Gasteiger partial charge in [0.25, 0.3) is 6.47 Å². The first-order chi connectivity index (χ1) is 12.6. The smallest absolute Gasteiger partial charge is 0.293 e. The van der Waals surface area contributed by atoms with Crippen molar-refractivity contribution in [2.24, 2.45) is 5.14 Å². The molecule has 2 aromatic rings. The third-order valence-electron chi connectivity index (χ3n) is 3.05. The van der Waals surface area contributed by atoms with Crippen LogP contribution < -0.4 is 15.8 Å². The zero-order valence-electron chi connectivity index (χ0n) is 14.9. The number of nitrogens with two attached hydrogens (primary N) is 1. The average Bonchev–Trinajstić information content (AvgIpc) is 2.66. The summed E-state index contributed by atoms with van der Waals surface area (Å²) in [5.74, 6) is 1.36. The first-order valence-electron chi connectivity index (χ1n) is 8.20. The van der Waals surface area contributed by atoms with Gasteiger partial charge in [0, 0.05) is 23.3 Å². The highest BCUT2D eigenvalue weighted by Gasteiger charge is 2.05. The van der Waals surface area contributed by atoms with Crippen molar-refractivity contribution in [3.8, 4) is 0 Å². The van der Waals surface area contributed by atoms with Crippen molar-refractivity contribution in [2.75, 3.05) is 23.8 Å². The monoisotopic (exact) mass is 441 g/mol. The molecule has 142 valence electrons. The van der Waals surface area contributed by atoms with Crippen molar-refractivity contribution in [1.82, 2.24) is 9.97 Å². The molecule has 0 bridgehead atoms. The van der Waals surface area contributed by atoms with Crippen LogP contribution in [0.3, 0.4) is 0 Å². The summed E-state index contributed by atoms with van der Waals surface area (Å²) in [6, 6.07) is 7.80. The molecule has 0 saturated heterocycles. The van der Waals surface area contributed by atoms with Crippen LogP contribution in [0.1, 0.15) is 26.7 Å². The molecule has 0 aliphatic rings. The van der Waals surface area contributed by atoms with Crippen molar-refractivity contribution < 1.29 is 9.53 Å². The van der Waals surface area contributed by atoms with Gasteiger partial charge in [0.05, 0.1) is 11.1 Å². The summed E-state index contributed by atoms with van der Waals surface area (Å²) < 4.78 is 5.01. The summed E-state index contributed by atoms with van der Waals surface area (Å²) in [4.78, 5) is 18.9. The molecule has 0 aliphatic heterocycles. The fraction of sp³-hybridized carbons (Fsp3) is 0.353. The van der Waals surface area contributed by atoms with Gasteiger partial charge >= 0.3 is 0 Å². The standard InChI is InChI=1S/C14H18BrN5S.C3H6O2/c1-2-3-8-17-13-12(15)9-18-14(20-13)19-10-4-6-11(21-16)7-5-10;1-2-5-3-4/h4-7,9H,2-3,8,16H2,1H3,(H2,17,18,19,20);3H,2H2,1H3. The largest absolute Gasteiger partial charge is 0.468 e. The highest BCUT2D eigenvalue weighted by molar-refractivity contribution is 9.10. The number of halogens is 1. The SMILES string of the molecule is CCCCNc1nc(Nc2ccc(SN)cc2)ncc1Br.CCOC=O. The number of nitrogens with zero attached hydrogens (tertiary/aromatic N) is 2. The molecule has 0 fully saturated rings. The second-order valence-electron chi connectivity index (χ2n) is 4.99. The van der Waals surface area contributed by atoms with E-state index in [-0.39, 0.29) is 0 Å². The lowest BCUT2D eigenvalue weighted by atomic mass is 10.3. The number of ether oxygens (including phenoxy) is 1. The Kier molecular flexibility index (Phi) is 11.4. The number of anilines is 3. The Morgan fingerprint density at radius 3 is 2.58 bits per heavy atom. The third-order valence-corrected chi connectivity index (χ3v) is 4.17. The van der Waals surface area contributed by atoms with E-state index in [1.165, 1.54) is 11.9 Å². The van der Waals surface area contributed by atoms with Crippen molar-refractivity contribution >= 4 is 51.8 Å². The number of unbranched alkanes of at least 4 members (excludes halogenated alkanes) is 1. The molecule has 0 aliphatic carbocycles. The van der Waals surface area contributed by atoms with E-state index in [1.54, 1.807) is 13.1 Å².